The fourth-order valence-electron chi connectivity index (χ4n) is 3.21. The molecule has 1 unspecified atom stereocenters. The van der Waals surface area contributed by atoms with Crippen molar-refractivity contribution in [1.82, 2.24) is 15.0 Å². The summed E-state index contributed by atoms with van der Waals surface area (Å²) in [6.07, 6.45) is 3.01. The molecular weight excluding hydrogens is 333 g/mol. The van der Waals surface area contributed by atoms with Gasteiger partial charge in [-0.25, -0.2) is 4.39 Å². The maximum atomic E-state index is 14.2. The van der Waals surface area contributed by atoms with Crippen molar-refractivity contribution in [2.75, 3.05) is 31.1 Å². The number of aromatic nitrogens is 2. The third kappa shape index (κ3) is 4.02. The van der Waals surface area contributed by atoms with Gasteiger partial charge in [0.2, 0.25) is 5.89 Å². The zero-order valence-electron chi connectivity index (χ0n) is 15.3. The fourth-order valence-corrected chi connectivity index (χ4v) is 3.21. The molecule has 0 bridgehead atoms. The van der Waals surface area contributed by atoms with Crippen LogP contribution in [0.25, 0.3) is 0 Å². The van der Waals surface area contributed by atoms with Crippen molar-refractivity contribution < 1.29 is 8.91 Å². The monoisotopic (exact) mass is 357 g/mol. The summed E-state index contributed by atoms with van der Waals surface area (Å²) in [5, 5.41) is 12.9. The molecule has 26 heavy (non-hydrogen) atoms. The highest BCUT2D eigenvalue weighted by atomic mass is 19.1. The SMILES string of the molecule is CCCCc1noc(C(C)N2CCN(c3ccc(C#N)cc3F)CC2)n1. The van der Waals surface area contributed by atoms with E-state index in [0.717, 1.165) is 38.2 Å². The summed E-state index contributed by atoms with van der Waals surface area (Å²) in [7, 11) is 0. The highest BCUT2D eigenvalue weighted by molar-refractivity contribution is 5.51. The van der Waals surface area contributed by atoms with Crippen LogP contribution in [0.2, 0.25) is 0 Å². The molecule has 1 saturated heterocycles. The summed E-state index contributed by atoms with van der Waals surface area (Å²) in [4.78, 5) is 8.80. The van der Waals surface area contributed by atoms with Crippen LogP contribution >= 0.6 is 0 Å². The van der Waals surface area contributed by atoms with Gasteiger partial charge in [-0.15, -0.1) is 0 Å². The summed E-state index contributed by atoms with van der Waals surface area (Å²) in [6, 6.07) is 6.64. The van der Waals surface area contributed by atoms with Crippen LogP contribution in [0.15, 0.2) is 22.7 Å². The Labute approximate surface area is 153 Å². The van der Waals surface area contributed by atoms with Crippen LogP contribution in [0, 0.1) is 17.1 Å². The standard InChI is InChI=1S/C19H24FN5O/c1-3-4-5-18-22-19(26-23-18)14(2)24-8-10-25(11-9-24)17-7-6-15(13-21)12-16(17)20/h6-7,12,14H,3-5,8-11H2,1-2H3. The van der Waals surface area contributed by atoms with Crippen molar-refractivity contribution in [3.05, 3.63) is 41.3 Å². The lowest BCUT2D eigenvalue weighted by molar-refractivity contribution is 0.164. The molecule has 1 atom stereocenters. The van der Waals surface area contributed by atoms with Gasteiger partial charge in [-0.3, -0.25) is 4.90 Å². The first kappa shape index (κ1) is 18.3. The van der Waals surface area contributed by atoms with Gasteiger partial charge in [-0.05, 0) is 31.5 Å². The predicted molar refractivity (Wildman–Crippen MR) is 96.2 cm³/mol. The third-order valence-electron chi connectivity index (χ3n) is 4.87. The van der Waals surface area contributed by atoms with Crippen LogP contribution in [0.4, 0.5) is 10.1 Å². The first-order valence-corrected chi connectivity index (χ1v) is 9.13. The number of hydrogen-bond donors (Lipinski definition) is 0. The maximum absolute atomic E-state index is 14.2. The van der Waals surface area contributed by atoms with Crippen molar-refractivity contribution in [3.8, 4) is 6.07 Å². The Kier molecular flexibility index (Phi) is 5.84. The lowest BCUT2D eigenvalue weighted by Crippen LogP contribution is -2.47. The Hall–Kier alpha value is -2.46. The molecule has 0 aliphatic carbocycles. The number of aryl methyl sites for hydroxylation is 1. The van der Waals surface area contributed by atoms with Crippen molar-refractivity contribution >= 4 is 5.69 Å². The zero-order valence-corrected chi connectivity index (χ0v) is 15.3. The van der Waals surface area contributed by atoms with Crippen molar-refractivity contribution in [1.29, 1.82) is 5.26 Å². The number of unbranched alkanes of at least 4 members (excludes halogenated alkanes) is 1. The largest absolute Gasteiger partial charge is 0.367 e. The van der Waals surface area contributed by atoms with Crippen LogP contribution < -0.4 is 4.90 Å². The molecule has 2 heterocycles. The molecule has 1 fully saturated rings. The van der Waals surface area contributed by atoms with Crippen LogP contribution in [-0.2, 0) is 6.42 Å². The second-order valence-electron chi connectivity index (χ2n) is 6.63. The molecule has 138 valence electrons. The molecule has 0 N–H and O–H groups in total. The third-order valence-corrected chi connectivity index (χ3v) is 4.87. The van der Waals surface area contributed by atoms with E-state index in [1.807, 2.05) is 11.0 Å². The molecule has 3 rings (SSSR count). The first-order chi connectivity index (χ1) is 12.6. The van der Waals surface area contributed by atoms with E-state index in [4.69, 9.17) is 9.78 Å². The fraction of sp³-hybridized carbons (Fsp3) is 0.526. The van der Waals surface area contributed by atoms with Crippen LogP contribution in [0.1, 0.15) is 50.0 Å². The number of rotatable bonds is 6. The minimum Gasteiger partial charge on any atom is -0.367 e. The van der Waals surface area contributed by atoms with Gasteiger partial charge in [0.05, 0.1) is 23.4 Å². The lowest BCUT2D eigenvalue weighted by Gasteiger charge is -2.38. The average molecular weight is 357 g/mol. The van der Waals surface area contributed by atoms with Crippen molar-refractivity contribution in [2.45, 2.75) is 39.2 Å². The normalized spacial score (nSPS) is 16.5. The molecule has 0 spiro atoms. The van der Waals surface area contributed by atoms with Crippen LogP contribution in [-0.4, -0.2) is 41.2 Å². The highest BCUT2D eigenvalue weighted by Crippen LogP contribution is 2.25. The number of nitriles is 1. The van der Waals surface area contributed by atoms with E-state index in [1.54, 1.807) is 12.1 Å². The number of halogens is 1. The Balaban J connectivity index is 1.59. The molecule has 1 aliphatic heterocycles. The van der Waals surface area contributed by atoms with Crippen molar-refractivity contribution in [2.24, 2.45) is 0 Å². The van der Waals surface area contributed by atoms with E-state index >= 15 is 0 Å². The molecule has 0 amide bonds. The van der Waals surface area contributed by atoms with Crippen molar-refractivity contribution in [3.63, 3.8) is 0 Å². The molecule has 2 aromatic rings. The highest BCUT2D eigenvalue weighted by Gasteiger charge is 2.26. The first-order valence-electron chi connectivity index (χ1n) is 9.13. The summed E-state index contributed by atoms with van der Waals surface area (Å²) in [5.41, 5.74) is 0.893. The Bertz CT molecular complexity index is 776. The van der Waals surface area contributed by atoms with Gasteiger partial charge in [-0.2, -0.15) is 10.2 Å². The number of benzene rings is 1. The van der Waals surface area contributed by atoms with E-state index in [9.17, 15) is 4.39 Å². The number of nitrogens with zero attached hydrogens (tertiary/aromatic N) is 5. The molecular formula is C19H24FN5O. The molecule has 0 radical (unpaired) electrons. The maximum Gasteiger partial charge on any atom is 0.243 e. The second kappa shape index (κ2) is 8.28. The second-order valence-corrected chi connectivity index (χ2v) is 6.63. The lowest BCUT2D eigenvalue weighted by atomic mass is 10.1. The number of anilines is 1. The van der Waals surface area contributed by atoms with E-state index in [0.29, 0.717) is 30.2 Å². The predicted octanol–water partition coefficient (Wildman–Crippen LogP) is 3.31. The summed E-state index contributed by atoms with van der Waals surface area (Å²) >= 11 is 0. The van der Waals surface area contributed by atoms with E-state index < -0.39 is 0 Å². The smallest absolute Gasteiger partial charge is 0.243 e. The summed E-state index contributed by atoms with van der Waals surface area (Å²) < 4.78 is 19.6. The number of piperazine rings is 1. The topological polar surface area (TPSA) is 69.2 Å². The van der Waals surface area contributed by atoms with Gasteiger partial charge >= 0.3 is 0 Å². The van der Waals surface area contributed by atoms with Crippen LogP contribution in [0.3, 0.4) is 0 Å². The van der Waals surface area contributed by atoms with E-state index in [1.165, 1.54) is 6.07 Å². The zero-order chi connectivity index (χ0) is 18.5. The Morgan fingerprint density at radius 1 is 1.31 bits per heavy atom. The summed E-state index contributed by atoms with van der Waals surface area (Å²) in [5.74, 6) is 1.07. The quantitative estimate of drug-likeness (QED) is 0.790. The molecule has 1 aromatic heterocycles. The molecule has 1 aromatic carbocycles. The van der Waals surface area contributed by atoms with Gasteiger partial charge in [-0.1, -0.05) is 18.5 Å². The van der Waals surface area contributed by atoms with E-state index in [2.05, 4.69) is 28.9 Å². The molecule has 0 saturated carbocycles. The molecule has 7 heteroatoms. The van der Waals surface area contributed by atoms with Gasteiger partial charge < -0.3 is 9.42 Å². The number of hydrogen-bond acceptors (Lipinski definition) is 6. The van der Waals surface area contributed by atoms with Gasteiger partial charge in [0.25, 0.3) is 0 Å². The Morgan fingerprint density at radius 3 is 2.73 bits per heavy atom. The van der Waals surface area contributed by atoms with E-state index in [-0.39, 0.29) is 11.9 Å². The molecule has 1 aliphatic rings. The van der Waals surface area contributed by atoms with Gasteiger partial charge in [0.1, 0.15) is 5.82 Å². The minimum absolute atomic E-state index is 0.0471. The van der Waals surface area contributed by atoms with Gasteiger partial charge in [0.15, 0.2) is 5.82 Å². The average Bonchev–Trinajstić information content (AvgIpc) is 3.15. The minimum atomic E-state index is -0.344. The van der Waals surface area contributed by atoms with Crippen LogP contribution in [0.5, 0.6) is 0 Å². The van der Waals surface area contributed by atoms with Gasteiger partial charge in [0, 0.05) is 32.6 Å². The summed E-state index contributed by atoms with van der Waals surface area (Å²) in [6.45, 7) is 7.20. The molecule has 6 nitrogen and oxygen atoms in total. The Morgan fingerprint density at radius 2 is 2.08 bits per heavy atom.